The summed E-state index contributed by atoms with van der Waals surface area (Å²) in [6.45, 7) is 3.72. The molecule has 3 N–H and O–H groups in total. The number of nitriles is 1. The van der Waals surface area contributed by atoms with Gasteiger partial charge in [0, 0.05) is 29.7 Å². The molecule has 0 spiro atoms. The fourth-order valence-corrected chi connectivity index (χ4v) is 4.46. The minimum atomic E-state index is -0.729. The maximum Gasteiger partial charge on any atom is 0.262 e. The van der Waals surface area contributed by atoms with Gasteiger partial charge in [0.1, 0.15) is 28.9 Å². The van der Waals surface area contributed by atoms with Crippen LogP contribution in [0.4, 0.5) is 5.69 Å². The monoisotopic (exact) mass is 473 g/mol. The van der Waals surface area contributed by atoms with Crippen molar-refractivity contribution < 1.29 is 23.8 Å². The van der Waals surface area contributed by atoms with E-state index in [1.807, 2.05) is 13.8 Å². The molecule has 1 atom stereocenters. The molecular weight excluding hydrogens is 446 g/mol. The topological polar surface area (TPSA) is 124 Å². The molecule has 2 aliphatic rings. The minimum absolute atomic E-state index is 0.0196. The second-order valence-electron chi connectivity index (χ2n) is 9.31. The van der Waals surface area contributed by atoms with Gasteiger partial charge in [-0.2, -0.15) is 5.26 Å². The normalized spacial score (nSPS) is 18.8. The summed E-state index contributed by atoms with van der Waals surface area (Å²) in [5, 5.41) is 12.6. The van der Waals surface area contributed by atoms with Crippen LogP contribution in [0.25, 0.3) is 0 Å². The van der Waals surface area contributed by atoms with E-state index < -0.39 is 5.92 Å². The summed E-state index contributed by atoms with van der Waals surface area (Å²) in [6.07, 6.45) is 0.856. The van der Waals surface area contributed by atoms with Gasteiger partial charge in [-0.1, -0.05) is 32.0 Å². The number of carbonyl (C=O) groups is 2. The van der Waals surface area contributed by atoms with E-state index in [1.54, 1.807) is 55.6 Å². The fraction of sp³-hybridized carbons (Fsp3) is 0.296. The number of amides is 1. The smallest absolute Gasteiger partial charge is 0.262 e. The predicted octanol–water partition coefficient (Wildman–Crippen LogP) is 4.16. The maximum atomic E-state index is 13.2. The molecule has 0 bridgehead atoms. The van der Waals surface area contributed by atoms with E-state index >= 15 is 0 Å². The lowest BCUT2D eigenvalue weighted by Crippen LogP contribution is -2.33. The first-order valence-corrected chi connectivity index (χ1v) is 11.2. The molecule has 8 heteroatoms. The Kier molecular flexibility index (Phi) is 6.52. The number of allylic oxidation sites excluding steroid dienone is 3. The SMILES string of the molecule is COc1ccc(NC(=O)COc2ccccc2C2C(C#N)=C(N)OC3=C2C(=O)CC(C)(C)C3)cc1. The number of benzene rings is 2. The van der Waals surface area contributed by atoms with Crippen LogP contribution in [0, 0.1) is 16.7 Å². The molecule has 2 aromatic rings. The molecule has 1 amide bonds. The van der Waals surface area contributed by atoms with E-state index in [0.29, 0.717) is 46.9 Å². The van der Waals surface area contributed by atoms with Crippen molar-refractivity contribution in [1.82, 2.24) is 0 Å². The minimum Gasteiger partial charge on any atom is -0.497 e. The van der Waals surface area contributed by atoms with E-state index in [-0.39, 0.29) is 35.2 Å². The maximum absolute atomic E-state index is 13.2. The molecule has 8 nitrogen and oxygen atoms in total. The highest BCUT2D eigenvalue weighted by Gasteiger charge is 2.43. The molecule has 1 unspecified atom stereocenters. The second kappa shape index (κ2) is 9.55. The Morgan fingerprint density at radius 3 is 2.60 bits per heavy atom. The molecule has 2 aromatic carbocycles. The number of nitrogens with zero attached hydrogens (tertiary/aromatic N) is 1. The number of ether oxygens (including phenoxy) is 3. The van der Waals surface area contributed by atoms with Crippen LogP contribution < -0.4 is 20.5 Å². The number of ketones is 1. The molecule has 4 rings (SSSR count). The summed E-state index contributed by atoms with van der Waals surface area (Å²) < 4.78 is 16.7. The first-order chi connectivity index (χ1) is 16.7. The number of hydrogen-bond donors (Lipinski definition) is 2. The summed E-state index contributed by atoms with van der Waals surface area (Å²) in [6, 6.07) is 16.1. The van der Waals surface area contributed by atoms with Gasteiger partial charge in [0.15, 0.2) is 12.4 Å². The molecule has 1 aliphatic carbocycles. The third kappa shape index (κ3) is 4.99. The van der Waals surface area contributed by atoms with Gasteiger partial charge in [-0.05, 0) is 35.7 Å². The van der Waals surface area contributed by atoms with Crippen molar-refractivity contribution in [2.75, 3.05) is 19.0 Å². The Labute approximate surface area is 204 Å². The summed E-state index contributed by atoms with van der Waals surface area (Å²) in [5.41, 5.74) is 7.59. The van der Waals surface area contributed by atoms with Crippen LogP contribution >= 0.6 is 0 Å². The Balaban J connectivity index is 1.61. The predicted molar refractivity (Wildman–Crippen MR) is 129 cm³/mol. The largest absolute Gasteiger partial charge is 0.497 e. The van der Waals surface area contributed by atoms with Gasteiger partial charge in [-0.15, -0.1) is 0 Å². The van der Waals surface area contributed by atoms with Gasteiger partial charge in [0.25, 0.3) is 5.91 Å². The number of Topliss-reactive ketones (excluding diaryl/α,β-unsaturated/α-hetero) is 1. The van der Waals surface area contributed by atoms with Crippen LogP contribution in [0.5, 0.6) is 11.5 Å². The van der Waals surface area contributed by atoms with E-state index in [2.05, 4.69) is 11.4 Å². The van der Waals surface area contributed by atoms with Crippen LogP contribution in [0.2, 0.25) is 0 Å². The number of rotatable bonds is 6. The highest BCUT2D eigenvalue weighted by Crippen LogP contribution is 2.49. The number of nitrogens with one attached hydrogen (secondary N) is 1. The molecular formula is C27H27N3O5. The van der Waals surface area contributed by atoms with Crippen molar-refractivity contribution in [3.8, 4) is 17.6 Å². The van der Waals surface area contributed by atoms with Gasteiger partial charge in [-0.25, -0.2) is 0 Å². The van der Waals surface area contributed by atoms with E-state index in [9.17, 15) is 14.9 Å². The van der Waals surface area contributed by atoms with Crippen LogP contribution in [0.1, 0.15) is 38.2 Å². The zero-order valence-corrected chi connectivity index (χ0v) is 19.9. The van der Waals surface area contributed by atoms with Crippen molar-refractivity contribution in [1.29, 1.82) is 5.26 Å². The Morgan fingerprint density at radius 2 is 1.91 bits per heavy atom. The molecule has 0 fully saturated rings. The lowest BCUT2D eigenvalue weighted by molar-refractivity contribution is -0.119. The Morgan fingerprint density at radius 1 is 1.20 bits per heavy atom. The number of carbonyl (C=O) groups excluding carboxylic acids is 2. The van der Waals surface area contributed by atoms with Gasteiger partial charge in [0.2, 0.25) is 5.88 Å². The van der Waals surface area contributed by atoms with E-state index in [0.717, 1.165) is 0 Å². The zero-order chi connectivity index (χ0) is 25.2. The highest BCUT2D eigenvalue weighted by molar-refractivity contribution is 6.00. The third-order valence-electron chi connectivity index (χ3n) is 6.04. The fourth-order valence-electron chi connectivity index (χ4n) is 4.46. The second-order valence-corrected chi connectivity index (χ2v) is 9.31. The summed E-state index contributed by atoms with van der Waals surface area (Å²) in [4.78, 5) is 25.7. The number of methoxy groups -OCH3 is 1. The average molecular weight is 474 g/mol. The molecule has 1 heterocycles. The number of hydrogen-bond acceptors (Lipinski definition) is 7. The van der Waals surface area contributed by atoms with Crippen molar-refractivity contribution in [2.24, 2.45) is 11.1 Å². The van der Waals surface area contributed by atoms with Crippen molar-refractivity contribution >= 4 is 17.4 Å². The van der Waals surface area contributed by atoms with E-state index in [1.165, 1.54) is 0 Å². The van der Waals surface area contributed by atoms with Crippen LogP contribution in [0.3, 0.4) is 0 Å². The standard InChI is InChI=1S/C27H27N3O5/c1-27(2)12-20(31)25-22(13-27)35-26(29)19(14-28)24(25)18-6-4-5-7-21(18)34-15-23(32)30-16-8-10-17(33-3)11-9-16/h4-11,24H,12-13,15,29H2,1-3H3,(H,30,32). The quantitative estimate of drug-likeness (QED) is 0.645. The van der Waals surface area contributed by atoms with Crippen LogP contribution in [-0.2, 0) is 14.3 Å². The Bertz CT molecular complexity index is 1270. The van der Waals surface area contributed by atoms with Crippen molar-refractivity contribution in [2.45, 2.75) is 32.6 Å². The van der Waals surface area contributed by atoms with Gasteiger partial charge >= 0.3 is 0 Å². The first kappa shape index (κ1) is 23.9. The van der Waals surface area contributed by atoms with Gasteiger partial charge in [-0.3, -0.25) is 9.59 Å². The molecule has 0 radical (unpaired) electrons. The van der Waals surface area contributed by atoms with Crippen LogP contribution in [-0.4, -0.2) is 25.4 Å². The zero-order valence-electron chi connectivity index (χ0n) is 19.9. The Hall–Kier alpha value is -4.25. The number of anilines is 1. The molecule has 0 saturated heterocycles. The number of nitrogens with two attached hydrogens (primary N) is 1. The average Bonchev–Trinajstić information content (AvgIpc) is 2.82. The lowest BCUT2D eigenvalue weighted by atomic mass is 9.70. The van der Waals surface area contributed by atoms with Crippen LogP contribution in [0.15, 0.2) is 71.3 Å². The molecule has 1 aliphatic heterocycles. The van der Waals surface area contributed by atoms with Gasteiger partial charge < -0.3 is 25.3 Å². The summed E-state index contributed by atoms with van der Waals surface area (Å²) in [5.74, 6) is 0.354. The molecule has 0 saturated carbocycles. The highest BCUT2D eigenvalue weighted by atomic mass is 16.5. The van der Waals surface area contributed by atoms with Crippen molar-refractivity contribution in [3.05, 3.63) is 76.9 Å². The molecule has 180 valence electrons. The van der Waals surface area contributed by atoms with Crippen molar-refractivity contribution in [3.63, 3.8) is 0 Å². The van der Waals surface area contributed by atoms with E-state index in [4.69, 9.17) is 19.9 Å². The lowest BCUT2D eigenvalue weighted by Gasteiger charge is -2.37. The molecule has 0 aromatic heterocycles. The molecule has 35 heavy (non-hydrogen) atoms. The first-order valence-electron chi connectivity index (χ1n) is 11.2. The summed E-state index contributed by atoms with van der Waals surface area (Å²) in [7, 11) is 1.57. The summed E-state index contributed by atoms with van der Waals surface area (Å²) >= 11 is 0. The number of para-hydroxylation sites is 1. The van der Waals surface area contributed by atoms with Gasteiger partial charge in [0.05, 0.1) is 13.0 Å². The third-order valence-corrected chi connectivity index (χ3v) is 6.04.